The van der Waals surface area contributed by atoms with Crippen LogP contribution in [-0.2, 0) is 6.54 Å². The number of imidazole rings is 1. The van der Waals surface area contributed by atoms with Gasteiger partial charge in [0, 0.05) is 24.8 Å². The van der Waals surface area contributed by atoms with Crippen molar-refractivity contribution in [2.24, 2.45) is 5.73 Å². The summed E-state index contributed by atoms with van der Waals surface area (Å²) in [5, 5.41) is 0. The molecule has 0 aliphatic carbocycles. The zero-order valence-corrected chi connectivity index (χ0v) is 10.1. The first-order valence-corrected chi connectivity index (χ1v) is 5.64. The second kappa shape index (κ2) is 5.10. The fourth-order valence-corrected chi connectivity index (χ4v) is 1.76. The van der Waals surface area contributed by atoms with E-state index in [0.29, 0.717) is 29.9 Å². The first-order valence-electron chi connectivity index (χ1n) is 5.64. The number of carbonyl (C=O) groups is 1. The number of rotatable bonds is 4. The Morgan fingerprint density at radius 1 is 1.44 bits per heavy atom. The zero-order valence-electron chi connectivity index (χ0n) is 10.1. The Hall–Kier alpha value is -2.01. The maximum atomic E-state index is 13.2. The van der Waals surface area contributed by atoms with E-state index in [-0.39, 0.29) is 5.78 Å². The maximum Gasteiger partial charge on any atom is 0.213 e. The molecule has 0 saturated carbocycles. The van der Waals surface area contributed by atoms with E-state index in [0.717, 1.165) is 0 Å². The van der Waals surface area contributed by atoms with Crippen molar-refractivity contribution >= 4 is 5.78 Å². The topological polar surface area (TPSA) is 60.9 Å². The Balaban J connectivity index is 2.29. The molecule has 0 atom stereocenters. The molecule has 2 aromatic rings. The normalized spacial score (nSPS) is 10.6. The lowest BCUT2D eigenvalue weighted by Crippen LogP contribution is -2.08. The van der Waals surface area contributed by atoms with Crippen LogP contribution >= 0.6 is 0 Å². The number of halogens is 1. The summed E-state index contributed by atoms with van der Waals surface area (Å²) in [7, 11) is 0. The molecule has 1 aromatic carbocycles. The average molecular weight is 247 g/mol. The van der Waals surface area contributed by atoms with Gasteiger partial charge in [0.25, 0.3) is 0 Å². The van der Waals surface area contributed by atoms with E-state index in [9.17, 15) is 9.18 Å². The number of nitrogens with two attached hydrogens (primary N) is 1. The quantitative estimate of drug-likeness (QED) is 0.833. The second-order valence-corrected chi connectivity index (χ2v) is 4.13. The van der Waals surface area contributed by atoms with Gasteiger partial charge in [-0.15, -0.1) is 0 Å². The molecule has 18 heavy (non-hydrogen) atoms. The Kier molecular flexibility index (Phi) is 3.53. The van der Waals surface area contributed by atoms with E-state index in [1.165, 1.54) is 12.1 Å². The molecule has 0 saturated heterocycles. The molecule has 2 rings (SSSR count). The molecule has 0 aliphatic rings. The molecule has 94 valence electrons. The second-order valence-electron chi connectivity index (χ2n) is 4.13. The van der Waals surface area contributed by atoms with Crippen molar-refractivity contribution in [3.05, 3.63) is 53.4 Å². The third-order valence-corrected chi connectivity index (χ3v) is 2.56. The summed E-state index contributed by atoms with van der Waals surface area (Å²) in [4.78, 5) is 16.1. The van der Waals surface area contributed by atoms with Gasteiger partial charge in [0.2, 0.25) is 5.78 Å². The Bertz CT molecular complexity index is 557. The number of aryl methyl sites for hydroxylation is 1. The minimum absolute atomic E-state index is 0.284. The molecule has 1 heterocycles. The van der Waals surface area contributed by atoms with Crippen molar-refractivity contribution in [3.63, 3.8) is 0 Å². The number of hydrogen-bond acceptors (Lipinski definition) is 3. The number of carbonyl (C=O) groups excluding carboxylic acids is 1. The van der Waals surface area contributed by atoms with Crippen molar-refractivity contribution in [3.8, 4) is 0 Å². The average Bonchev–Trinajstić information content (AvgIpc) is 2.76. The molecule has 0 radical (unpaired) electrons. The number of nitrogens with zero attached hydrogens (tertiary/aromatic N) is 2. The van der Waals surface area contributed by atoms with E-state index in [1.54, 1.807) is 30.1 Å². The summed E-state index contributed by atoms with van der Waals surface area (Å²) in [6, 6.07) is 4.24. The molecule has 0 fully saturated rings. The number of aromatic nitrogens is 2. The van der Waals surface area contributed by atoms with E-state index >= 15 is 0 Å². The van der Waals surface area contributed by atoms with E-state index < -0.39 is 5.82 Å². The molecule has 1 aromatic heterocycles. The van der Waals surface area contributed by atoms with Crippen LogP contribution in [0.1, 0.15) is 21.6 Å². The standard InChI is InChI=1S/C13H14FN3O/c1-9-4-10(6-11(14)5-9)13(18)12-7-17(3-2-15)8-16-12/h4-8H,2-3,15H2,1H3. The highest BCUT2D eigenvalue weighted by molar-refractivity contribution is 6.07. The molecule has 0 bridgehead atoms. The van der Waals surface area contributed by atoms with Crippen LogP contribution in [0, 0.1) is 12.7 Å². The van der Waals surface area contributed by atoms with Gasteiger partial charge < -0.3 is 10.3 Å². The van der Waals surface area contributed by atoms with Crippen LogP contribution < -0.4 is 5.73 Å². The highest BCUT2D eigenvalue weighted by atomic mass is 19.1. The van der Waals surface area contributed by atoms with Crippen LogP contribution in [0.3, 0.4) is 0 Å². The predicted octanol–water partition coefficient (Wildman–Crippen LogP) is 1.52. The third-order valence-electron chi connectivity index (χ3n) is 2.56. The molecule has 0 aliphatic heterocycles. The summed E-state index contributed by atoms with van der Waals surface area (Å²) in [5.41, 5.74) is 6.73. The number of benzene rings is 1. The fraction of sp³-hybridized carbons (Fsp3) is 0.231. The number of ketones is 1. The highest BCUT2D eigenvalue weighted by Gasteiger charge is 2.13. The largest absolute Gasteiger partial charge is 0.335 e. The summed E-state index contributed by atoms with van der Waals surface area (Å²) in [6.07, 6.45) is 3.17. The molecule has 4 nitrogen and oxygen atoms in total. The predicted molar refractivity (Wildman–Crippen MR) is 65.9 cm³/mol. The smallest absolute Gasteiger partial charge is 0.213 e. The van der Waals surface area contributed by atoms with Crippen molar-refractivity contribution < 1.29 is 9.18 Å². The zero-order chi connectivity index (χ0) is 13.1. The van der Waals surface area contributed by atoms with Crippen LogP contribution in [0.5, 0.6) is 0 Å². The van der Waals surface area contributed by atoms with Crippen LogP contribution in [0.2, 0.25) is 0 Å². The van der Waals surface area contributed by atoms with Gasteiger partial charge >= 0.3 is 0 Å². The third kappa shape index (κ3) is 2.62. The Morgan fingerprint density at radius 3 is 2.89 bits per heavy atom. The Morgan fingerprint density at radius 2 is 2.22 bits per heavy atom. The van der Waals surface area contributed by atoms with Crippen molar-refractivity contribution in [1.82, 2.24) is 9.55 Å². The van der Waals surface area contributed by atoms with E-state index in [2.05, 4.69) is 4.98 Å². The first kappa shape index (κ1) is 12.4. The van der Waals surface area contributed by atoms with Crippen molar-refractivity contribution in [2.45, 2.75) is 13.5 Å². The van der Waals surface area contributed by atoms with Crippen LogP contribution in [0.15, 0.2) is 30.7 Å². The van der Waals surface area contributed by atoms with Gasteiger partial charge in [-0.1, -0.05) is 0 Å². The lowest BCUT2D eigenvalue weighted by molar-refractivity contribution is 0.103. The lowest BCUT2D eigenvalue weighted by atomic mass is 10.1. The highest BCUT2D eigenvalue weighted by Crippen LogP contribution is 2.12. The van der Waals surface area contributed by atoms with Crippen LogP contribution in [0.4, 0.5) is 4.39 Å². The van der Waals surface area contributed by atoms with Crippen molar-refractivity contribution in [2.75, 3.05) is 6.54 Å². The monoisotopic (exact) mass is 247 g/mol. The number of hydrogen-bond donors (Lipinski definition) is 1. The molecule has 0 spiro atoms. The molecule has 2 N–H and O–H groups in total. The Labute approximate surface area is 104 Å². The maximum absolute atomic E-state index is 13.2. The van der Waals surface area contributed by atoms with Gasteiger partial charge in [-0.25, -0.2) is 9.37 Å². The van der Waals surface area contributed by atoms with Gasteiger partial charge in [-0.05, 0) is 30.7 Å². The minimum Gasteiger partial charge on any atom is -0.335 e. The van der Waals surface area contributed by atoms with E-state index in [4.69, 9.17) is 5.73 Å². The fourth-order valence-electron chi connectivity index (χ4n) is 1.76. The van der Waals surface area contributed by atoms with Gasteiger partial charge in [0.05, 0.1) is 6.33 Å². The molecule has 0 unspecified atom stereocenters. The van der Waals surface area contributed by atoms with Gasteiger partial charge in [-0.3, -0.25) is 4.79 Å². The SMILES string of the molecule is Cc1cc(F)cc(C(=O)c2cn(CCN)cn2)c1. The summed E-state index contributed by atoms with van der Waals surface area (Å²) in [6.45, 7) is 2.82. The van der Waals surface area contributed by atoms with Crippen LogP contribution in [0.25, 0.3) is 0 Å². The summed E-state index contributed by atoms with van der Waals surface area (Å²) < 4.78 is 15.0. The minimum atomic E-state index is -0.417. The summed E-state index contributed by atoms with van der Waals surface area (Å²) in [5.74, 6) is -0.701. The lowest BCUT2D eigenvalue weighted by Gasteiger charge is -2.00. The van der Waals surface area contributed by atoms with Crippen molar-refractivity contribution in [1.29, 1.82) is 0 Å². The molecular weight excluding hydrogens is 233 g/mol. The van der Waals surface area contributed by atoms with Gasteiger partial charge in [-0.2, -0.15) is 0 Å². The summed E-state index contributed by atoms with van der Waals surface area (Å²) >= 11 is 0. The molecular formula is C13H14FN3O. The van der Waals surface area contributed by atoms with Gasteiger partial charge in [0.15, 0.2) is 0 Å². The molecule has 0 amide bonds. The molecule has 5 heteroatoms. The first-order chi connectivity index (χ1) is 8.60. The van der Waals surface area contributed by atoms with E-state index in [1.807, 2.05) is 0 Å². The van der Waals surface area contributed by atoms with Crippen LogP contribution in [-0.4, -0.2) is 21.9 Å². The van der Waals surface area contributed by atoms with Gasteiger partial charge in [0.1, 0.15) is 11.5 Å².